The number of halogens is 2. The first-order valence-electron chi connectivity index (χ1n) is 7.70. The molecule has 0 spiro atoms. The van der Waals surface area contributed by atoms with Crippen LogP contribution >= 0.6 is 23.2 Å². The highest BCUT2D eigenvalue weighted by Crippen LogP contribution is 2.40. The zero-order valence-corrected chi connectivity index (χ0v) is 15.0. The van der Waals surface area contributed by atoms with Gasteiger partial charge < -0.3 is 10.6 Å². The maximum atomic E-state index is 6.25. The Morgan fingerprint density at radius 3 is 2.52 bits per heavy atom. The van der Waals surface area contributed by atoms with Crippen LogP contribution in [0.2, 0.25) is 10.0 Å². The van der Waals surface area contributed by atoms with Gasteiger partial charge in [-0.15, -0.1) is 0 Å². The van der Waals surface area contributed by atoms with Crippen LogP contribution in [-0.2, 0) is 0 Å². The fourth-order valence-corrected chi connectivity index (χ4v) is 2.60. The first-order valence-corrected chi connectivity index (χ1v) is 8.45. The molecule has 23 heavy (non-hydrogen) atoms. The van der Waals surface area contributed by atoms with Crippen LogP contribution in [0.4, 0.5) is 17.5 Å². The molecule has 0 unspecified atom stereocenters. The fourth-order valence-electron chi connectivity index (χ4n) is 2.25. The quantitative estimate of drug-likeness (QED) is 0.751. The third-order valence-corrected chi connectivity index (χ3v) is 4.26. The van der Waals surface area contributed by atoms with Crippen molar-refractivity contribution in [1.82, 2.24) is 9.97 Å². The molecule has 2 aromatic rings. The molecule has 2 N–H and O–H groups in total. The van der Waals surface area contributed by atoms with Crippen LogP contribution in [0.25, 0.3) is 0 Å². The molecule has 3 rings (SSSR count). The molecule has 1 aromatic heterocycles. The van der Waals surface area contributed by atoms with Gasteiger partial charge in [0, 0.05) is 17.5 Å². The van der Waals surface area contributed by atoms with Crippen molar-refractivity contribution in [2.75, 3.05) is 10.6 Å². The van der Waals surface area contributed by atoms with Gasteiger partial charge in [0.1, 0.15) is 5.82 Å². The number of aromatic nitrogens is 2. The van der Waals surface area contributed by atoms with Gasteiger partial charge in [0.2, 0.25) is 5.95 Å². The minimum absolute atomic E-state index is 0.104. The summed E-state index contributed by atoms with van der Waals surface area (Å²) in [6.07, 6.45) is 2.37. The molecule has 1 saturated carbocycles. The van der Waals surface area contributed by atoms with E-state index in [1.165, 1.54) is 12.8 Å². The SMILES string of the molecule is CC(C)(C)Nc1nc(Nc2cccc(Cl)c2Cl)cc(C2CC2)n1. The number of hydrogen-bond acceptors (Lipinski definition) is 4. The summed E-state index contributed by atoms with van der Waals surface area (Å²) in [6, 6.07) is 7.48. The van der Waals surface area contributed by atoms with Crippen LogP contribution in [0.5, 0.6) is 0 Å². The maximum absolute atomic E-state index is 6.25. The molecule has 6 heteroatoms. The molecule has 0 radical (unpaired) electrons. The van der Waals surface area contributed by atoms with Gasteiger partial charge in [-0.2, -0.15) is 4.98 Å². The van der Waals surface area contributed by atoms with E-state index in [1.54, 1.807) is 6.07 Å². The van der Waals surface area contributed by atoms with Gasteiger partial charge in [0.25, 0.3) is 0 Å². The molecule has 0 amide bonds. The lowest BCUT2D eigenvalue weighted by Crippen LogP contribution is -2.27. The Kier molecular flexibility index (Phi) is 4.39. The van der Waals surface area contributed by atoms with Gasteiger partial charge in [0.15, 0.2) is 0 Å². The molecular formula is C17H20Cl2N4. The Morgan fingerprint density at radius 1 is 1.13 bits per heavy atom. The lowest BCUT2D eigenvalue weighted by molar-refractivity contribution is 0.625. The molecule has 1 aromatic carbocycles. The van der Waals surface area contributed by atoms with E-state index in [9.17, 15) is 0 Å². The Hall–Kier alpha value is -1.52. The molecule has 1 aliphatic carbocycles. The fraction of sp³-hybridized carbons (Fsp3) is 0.412. The average molecular weight is 351 g/mol. The summed E-state index contributed by atoms with van der Waals surface area (Å²) in [6.45, 7) is 6.25. The summed E-state index contributed by atoms with van der Waals surface area (Å²) in [7, 11) is 0. The van der Waals surface area contributed by atoms with E-state index in [0.717, 1.165) is 17.2 Å². The third-order valence-electron chi connectivity index (χ3n) is 3.44. The van der Waals surface area contributed by atoms with Crippen molar-refractivity contribution in [2.45, 2.75) is 45.1 Å². The molecule has 0 aliphatic heterocycles. The van der Waals surface area contributed by atoms with E-state index in [1.807, 2.05) is 18.2 Å². The molecule has 1 aliphatic rings. The zero-order chi connectivity index (χ0) is 16.6. The van der Waals surface area contributed by atoms with Gasteiger partial charge >= 0.3 is 0 Å². The van der Waals surface area contributed by atoms with Gasteiger partial charge in [-0.05, 0) is 45.7 Å². The van der Waals surface area contributed by atoms with E-state index >= 15 is 0 Å². The smallest absolute Gasteiger partial charge is 0.225 e. The van der Waals surface area contributed by atoms with E-state index < -0.39 is 0 Å². The van der Waals surface area contributed by atoms with Gasteiger partial charge in [-0.3, -0.25) is 0 Å². The lowest BCUT2D eigenvalue weighted by Gasteiger charge is -2.21. The normalized spacial score (nSPS) is 14.7. The monoisotopic (exact) mass is 350 g/mol. The Labute approximate surface area is 146 Å². The number of benzene rings is 1. The molecule has 1 heterocycles. The average Bonchev–Trinajstić information content (AvgIpc) is 3.26. The molecule has 1 fully saturated rings. The number of hydrogen-bond donors (Lipinski definition) is 2. The maximum Gasteiger partial charge on any atom is 0.225 e. The highest BCUT2D eigenvalue weighted by atomic mass is 35.5. The Bertz CT molecular complexity index is 721. The topological polar surface area (TPSA) is 49.8 Å². The largest absolute Gasteiger partial charge is 0.350 e. The molecule has 0 saturated heterocycles. The predicted molar refractivity (Wildman–Crippen MR) is 97.1 cm³/mol. The summed E-state index contributed by atoms with van der Waals surface area (Å²) < 4.78 is 0. The second-order valence-electron chi connectivity index (χ2n) is 6.88. The van der Waals surface area contributed by atoms with Gasteiger partial charge in [-0.1, -0.05) is 29.3 Å². The van der Waals surface area contributed by atoms with Crippen LogP contribution in [0.15, 0.2) is 24.3 Å². The standard InChI is InChI=1S/C17H20Cl2N4/c1-17(2,3)23-16-21-13(10-7-8-10)9-14(22-16)20-12-6-4-5-11(18)15(12)19/h4-6,9-10H,7-8H2,1-3H3,(H2,20,21,22,23). The van der Waals surface area contributed by atoms with Gasteiger partial charge in [0.05, 0.1) is 21.4 Å². The van der Waals surface area contributed by atoms with Crippen LogP contribution in [0.1, 0.15) is 45.2 Å². The second-order valence-corrected chi connectivity index (χ2v) is 7.66. The summed E-state index contributed by atoms with van der Waals surface area (Å²) in [5.74, 6) is 1.88. The number of nitrogens with one attached hydrogen (secondary N) is 2. The predicted octanol–water partition coefficient (Wildman–Crippen LogP) is 5.61. The molecule has 122 valence electrons. The second kappa shape index (κ2) is 6.17. The Morgan fingerprint density at radius 2 is 1.87 bits per heavy atom. The van der Waals surface area contributed by atoms with E-state index in [0.29, 0.717) is 21.9 Å². The van der Waals surface area contributed by atoms with Crippen LogP contribution in [-0.4, -0.2) is 15.5 Å². The highest BCUT2D eigenvalue weighted by molar-refractivity contribution is 6.43. The third kappa shape index (κ3) is 4.27. The minimum atomic E-state index is -0.104. The van der Waals surface area contributed by atoms with Crippen molar-refractivity contribution in [3.8, 4) is 0 Å². The van der Waals surface area contributed by atoms with E-state index in [4.69, 9.17) is 23.2 Å². The molecule has 4 nitrogen and oxygen atoms in total. The first kappa shape index (κ1) is 16.3. The van der Waals surface area contributed by atoms with E-state index in [-0.39, 0.29) is 5.54 Å². The lowest BCUT2D eigenvalue weighted by atomic mass is 10.1. The summed E-state index contributed by atoms with van der Waals surface area (Å²) in [5, 5.41) is 7.60. The number of nitrogens with zero attached hydrogens (tertiary/aromatic N) is 2. The molecular weight excluding hydrogens is 331 g/mol. The van der Waals surface area contributed by atoms with Crippen molar-refractivity contribution >= 4 is 40.7 Å². The van der Waals surface area contributed by atoms with Crippen LogP contribution in [0.3, 0.4) is 0 Å². The van der Waals surface area contributed by atoms with Crippen molar-refractivity contribution < 1.29 is 0 Å². The summed E-state index contributed by atoms with van der Waals surface area (Å²) in [4.78, 5) is 9.20. The van der Waals surface area contributed by atoms with Crippen molar-refractivity contribution in [2.24, 2.45) is 0 Å². The molecule has 0 bridgehead atoms. The summed E-state index contributed by atoms with van der Waals surface area (Å²) in [5.41, 5.74) is 1.70. The van der Waals surface area contributed by atoms with Crippen LogP contribution < -0.4 is 10.6 Å². The minimum Gasteiger partial charge on any atom is -0.350 e. The van der Waals surface area contributed by atoms with E-state index in [2.05, 4.69) is 41.4 Å². The highest BCUT2D eigenvalue weighted by Gasteiger charge is 2.27. The first-order chi connectivity index (χ1) is 10.8. The molecule has 0 atom stereocenters. The summed E-state index contributed by atoms with van der Waals surface area (Å²) >= 11 is 12.3. The number of rotatable bonds is 4. The number of anilines is 3. The zero-order valence-electron chi connectivity index (χ0n) is 13.5. The van der Waals surface area contributed by atoms with Crippen molar-refractivity contribution in [3.63, 3.8) is 0 Å². The van der Waals surface area contributed by atoms with Crippen molar-refractivity contribution in [1.29, 1.82) is 0 Å². The van der Waals surface area contributed by atoms with Crippen LogP contribution in [0, 0.1) is 0 Å². The van der Waals surface area contributed by atoms with Crippen molar-refractivity contribution in [3.05, 3.63) is 40.0 Å². The van der Waals surface area contributed by atoms with Gasteiger partial charge in [-0.25, -0.2) is 4.98 Å². The Balaban J connectivity index is 1.92.